The van der Waals surface area contributed by atoms with Gasteiger partial charge < -0.3 is 15.4 Å². The zero-order valence-electron chi connectivity index (χ0n) is 13.2. The van der Waals surface area contributed by atoms with Crippen LogP contribution >= 0.6 is 0 Å². The second kappa shape index (κ2) is 7.24. The van der Waals surface area contributed by atoms with E-state index >= 15 is 0 Å². The number of benzene rings is 1. The number of aromatic nitrogens is 1. The third kappa shape index (κ3) is 4.07. The van der Waals surface area contributed by atoms with Crippen LogP contribution in [0.15, 0.2) is 48.8 Å². The van der Waals surface area contributed by atoms with Gasteiger partial charge in [0.25, 0.3) is 0 Å². The molecule has 1 aliphatic rings. The first-order valence-electron chi connectivity index (χ1n) is 7.86. The molecule has 1 fully saturated rings. The van der Waals surface area contributed by atoms with Crippen molar-refractivity contribution in [3.8, 4) is 5.75 Å². The molecule has 1 saturated heterocycles. The molecule has 2 heterocycles. The number of nitrogens with zero attached hydrogens (tertiary/aromatic N) is 1. The summed E-state index contributed by atoms with van der Waals surface area (Å²) in [5.74, 6) is 1.22. The van der Waals surface area contributed by atoms with E-state index in [1.807, 2.05) is 43.3 Å². The molecule has 1 aromatic heterocycles. The number of anilines is 1. The minimum absolute atomic E-state index is 0.0104. The Hall–Kier alpha value is -2.40. The largest absolute Gasteiger partial charge is 0.489 e. The quantitative estimate of drug-likeness (QED) is 0.860. The third-order valence-electron chi connectivity index (χ3n) is 4.16. The summed E-state index contributed by atoms with van der Waals surface area (Å²) in [4.78, 5) is 16.3. The van der Waals surface area contributed by atoms with Crippen LogP contribution in [0.5, 0.6) is 5.75 Å². The Labute approximate surface area is 136 Å². The average molecular weight is 311 g/mol. The fraction of sp³-hybridized carbons (Fsp3) is 0.333. The monoisotopic (exact) mass is 311 g/mol. The van der Waals surface area contributed by atoms with Crippen LogP contribution in [0.1, 0.15) is 12.5 Å². The Bertz CT molecular complexity index is 656. The molecular formula is C18H21N3O2. The van der Waals surface area contributed by atoms with Crippen molar-refractivity contribution in [1.82, 2.24) is 10.3 Å². The van der Waals surface area contributed by atoms with E-state index in [0.29, 0.717) is 12.5 Å². The van der Waals surface area contributed by atoms with Crippen molar-refractivity contribution in [2.75, 3.05) is 18.4 Å². The van der Waals surface area contributed by atoms with Gasteiger partial charge in [-0.05, 0) is 37.2 Å². The summed E-state index contributed by atoms with van der Waals surface area (Å²) in [6.07, 6.45) is 3.51. The van der Waals surface area contributed by atoms with Gasteiger partial charge in [-0.2, -0.15) is 0 Å². The Morgan fingerprint density at radius 3 is 2.96 bits per heavy atom. The van der Waals surface area contributed by atoms with Gasteiger partial charge in [0.15, 0.2) is 0 Å². The number of carbonyl (C=O) groups excluding carboxylic acids is 1. The highest BCUT2D eigenvalue weighted by molar-refractivity contribution is 5.92. The summed E-state index contributed by atoms with van der Waals surface area (Å²) in [5.41, 5.74) is 1.77. The van der Waals surface area contributed by atoms with Crippen molar-refractivity contribution in [1.29, 1.82) is 0 Å². The van der Waals surface area contributed by atoms with Crippen LogP contribution in [0.4, 0.5) is 5.69 Å². The molecule has 1 atom stereocenters. The summed E-state index contributed by atoms with van der Waals surface area (Å²) in [7, 11) is 0. The van der Waals surface area contributed by atoms with Gasteiger partial charge in [-0.15, -0.1) is 0 Å². The van der Waals surface area contributed by atoms with Gasteiger partial charge >= 0.3 is 0 Å². The normalized spacial score (nSPS) is 15.5. The van der Waals surface area contributed by atoms with E-state index < -0.39 is 0 Å². The van der Waals surface area contributed by atoms with Crippen molar-refractivity contribution in [2.45, 2.75) is 13.5 Å². The SMILES string of the molecule is CC(C(=O)Nc1cccc(OCc2cccnc2)c1)C1CNC1. The first-order chi connectivity index (χ1) is 11.2. The lowest BCUT2D eigenvalue weighted by molar-refractivity contribution is -0.121. The minimum atomic E-state index is 0.0104. The zero-order valence-corrected chi connectivity index (χ0v) is 13.2. The minimum Gasteiger partial charge on any atom is -0.489 e. The molecule has 3 rings (SSSR count). The van der Waals surface area contributed by atoms with E-state index in [0.717, 1.165) is 30.1 Å². The van der Waals surface area contributed by atoms with Gasteiger partial charge in [0.1, 0.15) is 12.4 Å². The van der Waals surface area contributed by atoms with Crippen LogP contribution in [0, 0.1) is 11.8 Å². The number of amides is 1. The van der Waals surface area contributed by atoms with Gasteiger partial charge in [-0.25, -0.2) is 0 Å². The maximum Gasteiger partial charge on any atom is 0.227 e. The van der Waals surface area contributed by atoms with Gasteiger partial charge in [-0.3, -0.25) is 9.78 Å². The van der Waals surface area contributed by atoms with E-state index in [1.54, 1.807) is 12.4 Å². The number of hydrogen-bond acceptors (Lipinski definition) is 4. The zero-order chi connectivity index (χ0) is 16.1. The molecule has 1 aliphatic heterocycles. The molecule has 1 unspecified atom stereocenters. The topological polar surface area (TPSA) is 63.2 Å². The first-order valence-corrected chi connectivity index (χ1v) is 7.86. The molecule has 0 bridgehead atoms. The van der Waals surface area contributed by atoms with Gasteiger partial charge in [0.05, 0.1) is 0 Å². The molecule has 23 heavy (non-hydrogen) atoms. The van der Waals surface area contributed by atoms with Gasteiger partial charge in [0.2, 0.25) is 5.91 Å². The van der Waals surface area contributed by atoms with Crippen LogP contribution in [0.2, 0.25) is 0 Å². The predicted octanol–water partition coefficient (Wildman–Crippen LogP) is 2.45. The maximum absolute atomic E-state index is 12.2. The molecule has 1 aromatic carbocycles. The van der Waals surface area contributed by atoms with Crippen LogP contribution in [-0.4, -0.2) is 24.0 Å². The number of pyridine rings is 1. The van der Waals surface area contributed by atoms with Crippen LogP contribution in [-0.2, 0) is 11.4 Å². The Morgan fingerprint density at radius 1 is 1.39 bits per heavy atom. The van der Waals surface area contributed by atoms with Crippen molar-refractivity contribution >= 4 is 11.6 Å². The molecule has 0 spiro atoms. The summed E-state index contributed by atoms with van der Waals surface area (Å²) in [5, 5.41) is 6.17. The summed E-state index contributed by atoms with van der Waals surface area (Å²) in [6, 6.07) is 11.3. The van der Waals surface area contributed by atoms with Crippen molar-refractivity contribution < 1.29 is 9.53 Å². The Kier molecular flexibility index (Phi) is 4.88. The molecule has 5 heteroatoms. The van der Waals surface area contributed by atoms with Gasteiger partial charge in [-0.1, -0.05) is 19.1 Å². The molecule has 2 N–H and O–H groups in total. The first kappa shape index (κ1) is 15.5. The molecular weight excluding hydrogens is 290 g/mol. The molecule has 120 valence electrons. The average Bonchev–Trinajstić information content (AvgIpc) is 2.52. The lowest BCUT2D eigenvalue weighted by Crippen LogP contribution is -2.48. The second-order valence-electron chi connectivity index (χ2n) is 5.87. The highest BCUT2D eigenvalue weighted by Crippen LogP contribution is 2.21. The number of hydrogen-bond donors (Lipinski definition) is 2. The lowest BCUT2D eigenvalue weighted by atomic mass is 9.88. The third-order valence-corrected chi connectivity index (χ3v) is 4.16. The summed E-state index contributed by atoms with van der Waals surface area (Å²) in [6.45, 7) is 4.27. The summed E-state index contributed by atoms with van der Waals surface area (Å²) >= 11 is 0. The number of carbonyl (C=O) groups is 1. The molecule has 1 amide bonds. The highest BCUT2D eigenvalue weighted by atomic mass is 16.5. The van der Waals surface area contributed by atoms with Crippen LogP contribution in [0.25, 0.3) is 0 Å². The maximum atomic E-state index is 12.2. The van der Waals surface area contributed by atoms with Gasteiger partial charge in [0, 0.05) is 35.6 Å². The molecule has 0 saturated carbocycles. The number of nitrogens with one attached hydrogen (secondary N) is 2. The molecule has 0 aliphatic carbocycles. The van der Waals surface area contributed by atoms with E-state index in [-0.39, 0.29) is 11.8 Å². The number of rotatable bonds is 6. The predicted molar refractivity (Wildman–Crippen MR) is 89.2 cm³/mol. The smallest absolute Gasteiger partial charge is 0.227 e. The van der Waals surface area contributed by atoms with Crippen molar-refractivity contribution in [2.24, 2.45) is 11.8 Å². The molecule has 0 radical (unpaired) electrons. The van der Waals surface area contributed by atoms with E-state index in [1.165, 1.54) is 0 Å². The van der Waals surface area contributed by atoms with Crippen molar-refractivity contribution in [3.05, 3.63) is 54.4 Å². The fourth-order valence-electron chi connectivity index (χ4n) is 2.45. The molecule has 2 aromatic rings. The fourth-order valence-corrected chi connectivity index (χ4v) is 2.45. The molecule has 5 nitrogen and oxygen atoms in total. The number of ether oxygens (including phenoxy) is 1. The Morgan fingerprint density at radius 2 is 2.26 bits per heavy atom. The summed E-state index contributed by atoms with van der Waals surface area (Å²) < 4.78 is 5.75. The van der Waals surface area contributed by atoms with E-state index in [9.17, 15) is 4.79 Å². The van der Waals surface area contributed by atoms with Crippen LogP contribution < -0.4 is 15.4 Å². The standard InChI is InChI=1S/C18H21N3O2/c1-13(15-10-20-11-15)18(22)21-16-5-2-6-17(8-16)23-12-14-4-3-7-19-9-14/h2-9,13,15,20H,10-12H2,1H3,(H,21,22). The van der Waals surface area contributed by atoms with Crippen LogP contribution in [0.3, 0.4) is 0 Å². The van der Waals surface area contributed by atoms with E-state index in [4.69, 9.17) is 4.74 Å². The highest BCUT2D eigenvalue weighted by Gasteiger charge is 2.28. The lowest BCUT2D eigenvalue weighted by Gasteiger charge is -2.31. The Balaban J connectivity index is 1.57. The second-order valence-corrected chi connectivity index (χ2v) is 5.87. The van der Waals surface area contributed by atoms with E-state index in [2.05, 4.69) is 15.6 Å². The van der Waals surface area contributed by atoms with Crippen molar-refractivity contribution in [3.63, 3.8) is 0 Å².